The van der Waals surface area contributed by atoms with E-state index in [0.29, 0.717) is 0 Å². The Kier molecular flexibility index (Phi) is 3.84. The van der Waals surface area contributed by atoms with Crippen LogP contribution >= 0.6 is 27.3 Å². The zero-order valence-corrected chi connectivity index (χ0v) is 14.1. The van der Waals surface area contributed by atoms with Gasteiger partial charge in [0.1, 0.15) is 0 Å². The van der Waals surface area contributed by atoms with Gasteiger partial charge < -0.3 is 9.47 Å². The summed E-state index contributed by atoms with van der Waals surface area (Å²) in [6.07, 6.45) is 6.37. The maximum atomic E-state index is 12.2. The van der Waals surface area contributed by atoms with E-state index in [4.69, 9.17) is 0 Å². The lowest BCUT2D eigenvalue weighted by atomic mass is 10.0. The Labute approximate surface area is 130 Å². The van der Waals surface area contributed by atoms with Crippen molar-refractivity contribution in [2.75, 3.05) is 20.1 Å². The third-order valence-corrected chi connectivity index (χ3v) is 5.78. The van der Waals surface area contributed by atoms with Crippen molar-refractivity contribution in [2.45, 2.75) is 12.8 Å². The van der Waals surface area contributed by atoms with Gasteiger partial charge in [0.05, 0.1) is 14.6 Å². The molecule has 0 unspecified atom stereocenters. The van der Waals surface area contributed by atoms with Crippen molar-refractivity contribution in [1.29, 1.82) is 0 Å². The Morgan fingerprint density at radius 1 is 1.30 bits per heavy atom. The molecule has 2 aromatic rings. The highest BCUT2D eigenvalue weighted by Crippen LogP contribution is 2.32. The molecule has 0 spiro atoms. The van der Waals surface area contributed by atoms with E-state index >= 15 is 0 Å². The summed E-state index contributed by atoms with van der Waals surface area (Å²) in [4.78, 5) is 15.7. The first-order valence-electron chi connectivity index (χ1n) is 6.71. The number of pyridine rings is 1. The fourth-order valence-electron chi connectivity index (χ4n) is 2.55. The molecule has 20 heavy (non-hydrogen) atoms. The summed E-state index contributed by atoms with van der Waals surface area (Å²) in [7, 11) is 3.95. The lowest BCUT2D eigenvalue weighted by Gasteiger charge is -2.23. The number of aryl methyl sites for hydroxylation is 1. The van der Waals surface area contributed by atoms with Crippen LogP contribution in [0.1, 0.15) is 17.7 Å². The van der Waals surface area contributed by atoms with Gasteiger partial charge in [-0.3, -0.25) is 4.79 Å². The van der Waals surface area contributed by atoms with Crippen LogP contribution in [0.15, 0.2) is 27.1 Å². The molecule has 0 atom stereocenters. The average molecular weight is 353 g/mol. The second-order valence-corrected chi connectivity index (χ2v) is 7.33. The third kappa shape index (κ3) is 2.62. The molecule has 0 aliphatic carbocycles. The number of nitrogens with zero attached hydrogens (tertiary/aromatic N) is 2. The van der Waals surface area contributed by atoms with E-state index in [1.54, 1.807) is 23.0 Å². The summed E-state index contributed by atoms with van der Waals surface area (Å²) in [6, 6.07) is 2.03. The van der Waals surface area contributed by atoms with Crippen LogP contribution in [0.5, 0.6) is 0 Å². The van der Waals surface area contributed by atoms with Crippen molar-refractivity contribution in [2.24, 2.45) is 7.05 Å². The van der Waals surface area contributed by atoms with Crippen LogP contribution in [0.25, 0.3) is 16.2 Å². The predicted octanol–water partition coefficient (Wildman–Crippen LogP) is 3.47. The van der Waals surface area contributed by atoms with Crippen LogP contribution in [-0.4, -0.2) is 29.6 Å². The van der Waals surface area contributed by atoms with Gasteiger partial charge in [-0.1, -0.05) is 5.57 Å². The molecule has 0 radical (unpaired) electrons. The van der Waals surface area contributed by atoms with Gasteiger partial charge in [0.2, 0.25) is 0 Å². The van der Waals surface area contributed by atoms with Gasteiger partial charge in [-0.05, 0) is 48.0 Å². The largest absolute Gasteiger partial charge is 0.317 e. The number of likely N-dealkylation sites (tertiary alicyclic amines) is 1. The molecule has 0 amide bonds. The van der Waals surface area contributed by atoms with Gasteiger partial charge in [0.15, 0.2) is 0 Å². The quantitative estimate of drug-likeness (QED) is 0.784. The van der Waals surface area contributed by atoms with E-state index in [-0.39, 0.29) is 5.56 Å². The first kappa shape index (κ1) is 14.0. The number of hydrogen-bond acceptors (Lipinski definition) is 3. The van der Waals surface area contributed by atoms with Crippen molar-refractivity contribution < 1.29 is 0 Å². The van der Waals surface area contributed by atoms with E-state index in [0.717, 1.165) is 40.5 Å². The molecule has 2 aromatic heterocycles. The average Bonchev–Trinajstić information content (AvgIpc) is 2.83. The van der Waals surface area contributed by atoms with Crippen LogP contribution in [0, 0.1) is 0 Å². The fraction of sp³-hybridized carbons (Fsp3) is 0.400. The molecule has 0 N–H and O–H groups in total. The predicted molar refractivity (Wildman–Crippen MR) is 89.5 cm³/mol. The number of hydrogen-bond donors (Lipinski definition) is 0. The Hall–Kier alpha value is -0.910. The normalized spacial score (nSPS) is 16.9. The summed E-state index contributed by atoms with van der Waals surface area (Å²) in [6.45, 7) is 2.25. The highest BCUT2D eigenvalue weighted by Gasteiger charge is 2.12. The van der Waals surface area contributed by atoms with Gasteiger partial charge in [-0.25, -0.2) is 0 Å². The van der Waals surface area contributed by atoms with Gasteiger partial charge in [0.25, 0.3) is 5.56 Å². The second kappa shape index (κ2) is 5.47. The number of thiophene rings is 1. The molecule has 0 saturated carbocycles. The standard InChI is InChI=1S/C15H17BrN2OS/c1-17-5-3-10(4-6-17)7-11-8-12-14(20-11)13(16)9-18(2)15(12)19/h7-9H,3-6H2,1-2H3. The van der Waals surface area contributed by atoms with E-state index in [9.17, 15) is 4.79 Å². The number of halogens is 1. The highest BCUT2D eigenvalue weighted by molar-refractivity contribution is 9.10. The minimum Gasteiger partial charge on any atom is -0.317 e. The Bertz CT molecular complexity index is 734. The van der Waals surface area contributed by atoms with Crippen LogP contribution in [0.4, 0.5) is 0 Å². The maximum Gasteiger partial charge on any atom is 0.259 e. The maximum absolute atomic E-state index is 12.2. The van der Waals surface area contributed by atoms with Crippen LogP contribution in [0.2, 0.25) is 0 Å². The Balaban J connectivity index is 2.02. The number of piperidine rings is 1. The molecular formula is C15H17BrN2OS. The number of fused-ring (bicyclic) bond motifs is 1. The zero-order valence-electron chi connectivity index (χ0n) is 11.6. The molecule has 1 aliphatic rings. The van der Waals surface area contributed by atoms with Crippen LogP contribution in [-0.2, 0) is 7.05 Å². The molecule has 106 valence electrons. The summed E-state index contributed by atoms with van der Waals surface area (Å²) < 4.78 is 3.67. The van der Waals surface area contributed by atoms with Crippen LogP contribution < -0.4 is 5.56 Å². The van der Waals surface area contributed by atoms with E-state index < -0.39 is 0 Å². The summed E-state index contributed by atoms with van der Waals surface area (Å²) in [5.74, 6) is 0. The first-order valence-corrected chi connectivity index (χ1v) is 8.32. The SMILES string of the molecule is CN1CCC(=Cc2cc3c(=O)n(C)cc(Br)c3s2)CC1. The summed E-state index contributed by atoms with van der Waals surface area (Å²) >= 11 is 5.24. The third-order valence-electron chi connectivity index (χ3n) is 3.80. The molecule has 1 aliphatic heterocycles. The highest BCUT2D eigenvalue weighted by atomic mass is 79.9. The lowest BCUT2D eigenvalue weighted by molar-refractivity contribution is 0.313. The Morgan fingerprint density at radius 3 is 2.70 bits per heavy atom. The fourth-order valence-corrected chi connectivity index (χ4v) is 4.35. The van der Waals surface area contributed by atoms with Gasteiger partial charge >= 0.3 is 0 Å². The van der Waals surface area contributed by atoms with Crippen molar-refractivity contribution >= 4 is 43.4 Å². The molecule has 3 rings (SSSR count). The van der Waals surface area contributed by atoms with Gasteiger partial charge in [-0.2, -0.15) is 0 Å². The monoisotopic (exact) mass is 352 g/mol. The minimum atomic E-state index is 0.0764. The van der Waals surface area contributed by atoms with E-state index in [1.807, 2.05) is 12.3 Å². The Morgan fingerprint density at radius 2 is 2.00 bits per heavy atom. The number of aromatic nitrogens is 1. The second-order valence-electron chi connectivity index (χ2n) is 5.39. The van der Waals surface area contributed by atoms with Crippen molar-refractivity contribution in [3.8, 4) is 0 Å². The van der Waals surface area contributed by atoms with Gasteiger partial charge in [0, 0.05) is 31.2 Å². The molecular weight excluding hydrogens is 336 g/mol. The van der Waals surface area contributed by atoms with E-state index in [2.05, 4.69) is 34.0 Å². The molecule has 0 bridgehead atoms. The smallest absolute Gasteiger partial charge is 0.259 e. The summed E-state index contributed by atoms with van der Waals surface area (Å²) in [5.41, 5.74) is 1.56. The molecule has 1 saturated heterocycles. The van der Waals surface area contributed by atoms with E-state index in [1.165, 1.54) is 10.5 Å². The van der Waals surface area contributed by atoms with Crippen LogP contribution in [0.3, 0.4) is 0 Å². The molecule has 3 nitrogen and oxygen atoms in total. The van der Waals surface area contributed by atoms with Crippen molar-refractivity contribution in [3.63, 3.8) is 0 Å². The van der Waals surface area contributed by atoms with Gasteiger partial charge in [-0.15, -0.1) is 11.3 Å². The van der Waals surface area contributed by atoms with Crippen molar-refractivity contribution in [3.05, 3.63) is 37.5 Å². The topological polar surface area (TPSA) is 25.2 Å². The zero-order chi connectivity index (χ0) is 14.3. The lowest BCUT2D eigenvalue weighted by Crippen LogP contribution is -2.26. The minimum absolute atomic E-state index is 0.0764. The molecule has 1 fully saturated rings. The van der Waals surface area contributed by atoms with Crippen molar-refractivity contribution in [1.82, 2.24) is 9.47 Å². The summed E-state index contributed by atoms with van der Waals surface area (Å²) in [5, 5.41) is 0.812. The first-order chi connectivity index (χ1) is 9.54. The number of rotatable bonds is 1. The molecule has 3 heterocycles. The molecule has 0 aromatic carbocycles. The molecule has 5 heteroatoms.